The predicted molar refractivity (Wildman–Crippen MR) is 135 cm³/mol. The molecule has 174 valence electrons. The summed E-state index contributed by atoms with van der Waals surface area (Å²) >= 11 is 0. The molecular formula is C30H30O4. The van der Waals surface area contributed by atoms with E-state index in [2.05, 4.69) is 30.3 Å². The highest BCUT2D eigenvalue weighted by molar-refractivity contribution is 5.42. The van der Waals surface area contributed by atoms with Gasteiger partial charge in [0.1, 0.15) is 28.7 Å². The fourth-order valence-corrected chi connectivity index (χ4v) is 3.94. The van der Waals surface area contributed by atoms with Gasteiger partial charge in [0, 0.05) is 6.07 Å². The van der Waals surface area contributed by atoms with E-state index in [1.165, 1.54) is 16.7 Å². The van der Waals surface area contributed by atoms with Crippen molar-refractivity contribution in [1.29, 1.82) is 0 Å². The molecule has 4 aromatic carbocycles. The van der Waals surface area contributed by atoms with Crippen LogP contribution in [0.4, 0.5) is 0 Å². The maximum absolute atomic E-state index is 10.2. The minimum atomic E-state index is 0.203. The van der Waals surface area contributed by atoms with Crippen LogP contribution in [0.25, 0.3) is 0 Å². The van der Waals surface area contributed by atoms with Gasteiger partial charge in [0.15, 0.2) is 0 Å². The number of phenolic OH excluding ortho intramolecular Hbond substituents is 1. The Hall–Kier alpha value is -3.92. The summed E-state index contributed by atoms with van der Waals surface area (Å²) in [4.78, 5) is 0. The van der Waals surface area contributed by atoms with E-state index in [0.29, 0.717) is 5.75 Å². The Bertz CT molecular complexity index is 1210. The van der Waals surface area contributed by atoms with Crippen molar-refractivity contribution in [2.24, 2.45) is 0 Å². The average molecular weight is 455 g/mol. The molecule has 4 nitrogen and oxygen atoms in total. The zero-order chi connectivity index (χ0) is 23.8. The molecule has 0 fully saturated rings. The molecule has 0 aromatic heterocycles. The van der Waals surface area contributed by atoms with Crippen molar-refractivity contribution in [3.8, 4) is 28.7 Å². The topological polar surface area (TPSA) is 47.9 Å². The molecule has 4 aromatic rings. The zero-order valence-electron chi connectivity index (χ0n) is 19.7. The van der Waals surface area contributed by atoms with Crippen LogP contribution in [0.3, 0.4) is 0 Å². The van der Waals surface area contributed by atoms with E-state index in [1.54, 1.807) is 26.4 Å². The van der Waals surface area contributed by atoms with E-state index in [-0.39, 0.29) is 5.75 Å². The molecule has 0 unspecified atom stereocenters. The summed E-state index contributed by atoms with van der Waals surface area (Å²) in [7, 11) is 3.35. The Balaban J connectivity index is 1.39. The lowest BCUT2D eigenvalue weighted by atomic mass is 10.0. The molecule has 0 amide bonds. The Morgan fingerprint density at radius 3 is 1.74 bits per heavy atom. The van der Waals surface area contributed by atoms with Gasteiger partial charge in [-0.25, -0.2) is 0 Å². The third kappa shape index (κ3) is 6.55. The Labute approximate surface area is 201 Å². The molecule has 0 heterocycles. The van der Waals surface area contributed by atoms with Crippen LogP contribution in [0.5, 0.6) is 28.7 Å². The van der Waals surface area contributed by atoms with Gasteiger partial charge in [0.05, 0.1) is 14.2 Å². The van der Waals surface area contributed by atoms with Gasteiger partial charge in [-0.3, -0.25) is 0 Å². The summed E-state index contributed by atoms with van der Waals surface area (Å²) in [5.74, 6) is 3.32. The first-order valence-corrected chi connectivity index (χ1v) is 11.5. The van der Waals surface area contributed by atoms with E-state index in [9.17, 15) is 5.11 Å². The van der Waals surface area contributed by atoms with E-state index in [4.69, 9.17) is 14.2 Å². The maximum atomic E-state index is 10.2. The Kier molecular flexibility index (Phi) is 7.71. The van der Waals surface area contributed by atoms with Crippen molar-refractivity contribution in [3.05, 3.63) is 113 Å². The first-order chi connectivity index (χ1) is 16.6. The molecule has 0 saturated heterocycles. The summed E-state index contributed by atoms with van der Waals surface area (Å²) in [6.45, 7) is 0. The minimum absolute atomic E-state index is 0.203. The third-order valence-corrected chi connectivity index (χ3v) is 5.78. The van der Waals surface area contributed by atoms with Crippen LogP contribution in [0, 0.1) is 0 Å². The van der Waals surface area contributed by atoms with Gasteiger partial charge in [-0.1, -0.05) is 36.4 Å². The van der Waals surface area contributed by atoms with Crippen LogP contribution in [0.1, 0.15) is 22.3 Å². The number of benzene rings is 4. The zero-order valence-corrected chi connectivity index (χ0v) is 19.7. The second kappa shape index (κ2) is 11.3. The van der Waals surface area contributed by atoms with Gasteiger partial charge in [-0.15, -0.1) is 0 Å². The first-order valence-electron chi connectivity index (χ1n) is 11.5. The molecule has 4 heteroatoms. The fourth-order valence-electron chi connectivity index (χ4n) is 3.94. The molecule has 0 bridgehead atoms. The summed E-state index contributed by atoms with van der Waals surface area (Å²) in [6, 6.07) is 29.8. The second-order valence-electron chi connectivity index (χ2n) is 8.28. The number of hydrogen-bond acceptors (Lipinski definition) is 4. The van der Waals surface area contributed by atoms with Crippen molar-refractivity contribution in [1.82, 2.24) is 0 Å². The SMILES string of the molecule is COc1ccc(CCc2cccc(Oc3cc(O)cc(CCc4cccc(OC)c4)c3)c2)cc1. The lowest BCUT2D eigenvalue weighted by Crippen LogP contribution is -1.95. The number of methoxy groups -OCH3 is 2. The van der Waals surface area contributed by atoms with Crippen molar-refractivity contribution in [2.75, 3.05) is 14.2 Å². The smallest absolute Gasteiger partial charge is 0.131 e. The molecule has 0 aliphatic rings. The van der Waals surface area contributed by atoms with Crippen LogP contribution in [-0.4, -0.2) is 19.3 Å². The van der Waals surface area contributed by atoms with E-state index in [0.717, 1.165) is 48.5 Å². The standard InChI is InChI=1S/C30H30O4/c1-32-27-15-13-22(14-16-27)9-10-24-6-4-8-29(19-24)34-30-20-25(17-26(31)21-30)12-11-23-5-3-7-28(18-23)33-2/h3-8,13-21,31H,9-12H2,1-2H3. The predicted octanol–water partition coefficient (Wildman–Crippen LogP) is 6.77. The van der Waals surface area contributed by atoms with Gasteiger partial charge in [-0.2, -0.15) is 0 Å². The molecule has 0 saturated carbocycles. The number of aryl methyl sites for hydroxylation is 4. The normalized spacial score (nSPS) is 10.6. The summed E-state index contributed by atoms with van der Waals surface area (Å²) < 4.78 is 16.7. The first kappa shape index (κ1) is 23.2. The minimum Gasteiger partial charge on any atom is -0.508 e. The molecule has 34 heavy (non-hydrogen) atoms. The lowest BCUT2D eigenvalue weighted by Gasteiger charge is -2.11. The lowest BCUT2D eigenvalue weighted by molar-refractivity contribution is 0.414. The van der Waals surface area contributed by atoms with Crippen molar-refractivity contribution in [2.45, 2.75) is 25.7 Å². The molecule has 0 spiro atoms. The number of ether oxygens (including phenoxy) is 3. The Morgan fingerprint density at radius 2 is 1.06 bits per heavy atom. The molecule has 0 radical (unpaired) electrons. The molecule has 0 atom stereocenters. The van der Waals surface area contributed by atoms with Gasteiger partial charge >= 0.3 is 0 Å². The largest absolute Gasteiger partial charge is 0.508 e. The molecular weight excluding hydrogens is 424 g/mol. The fraction of sp³-hybridized carbons (Fsp3) is 0.200. The maximum Gasteiger partial charge on any atom is 0.131 e. The molecule has 1 N–H and O–H groups in total. The van der Waals surface area contributed by atoms with Gasteiger partial charge in [-0.05, 0) is 96.5 Å². The van der Waals surface area contributed by atoms with E-state index >= 15 is 0 Å². The quantitative estimate of drug-likeness (QED) is 0.287. The summed E-state index contributed by atoms with van der Waals surface area (Å²) in [6.07, 6.45) is 3.49. The highest BCUT2D eigenvalue weighted by atomic mass is 16.5. The second-order valence-corrected chi connectivity index (χ2v) is 8.28. The summed E-state index contributed by atoms with van der Waals surface area (Å²) in [5, 5.41) is 10.2. The van der Waals surface area contributed by atoms with Crippen LogP contribution < -0.4 is 14.2 Å². The van der Waals surface area contributed by atoms with Crippen molar-refractivity contribution in [3.63, 3.8) is 0 Å². The van der Waals surface area contributed by atoms with Gasteiger partial charge in [0.25, 0.3) is 0 Å². The molecule has 0 aliphatic heterocycles. The van der Waals surface area contributed by atoms with Crippen LogP contribution in [-0.2, 0) is 25.7 Å². The van der Waals surface area contributed by atoms with Crippen molar-refractivity contribution >= 4 is 0 Å². The third-order valence-electron chi connectivity index (χ3n) is 5.78. The monoisotopic (exact) mass is 454 g/mol. The van der Waals surface area contributed by atoms with Crippen LogP contribution in [0.15, 0.2) is 91.0 Å². The highest BCUT2D eigenvalue weighted by Crippen LogP contribution is 2.28. The average Bonchev–Trinajstić information content (AvgIpc) is 2.86. The molecule has 4 rings (SSSR count). The summed E-state index contributed by atoms with van der Waals surface area (Å²) in [5.41, 5.74) is 4.68. The van der Waals surface area contributed by atoms with Crippen LogP contribution >= 0.6 is 0 Å². The highest BCUT2D eigenvalue weighted by Gasteiger charge is 2.06. The molecule has 0 aliphatic carbocycles. The van der Waals surface area contributed by atoms with Gasteiger partial charge in [0.2, 0.25) is 0 Å². The number of phenols is 1. The van der Waals surface area contributed by atoms with E-state index < -0.39 is 0 Å². The van der Waals surface area contributed by atoms with Crippen LogP contribution in [0.2, 0.25) is 0 Å². The number of rotatable bonds is 10. The number of hydrogen-bond donors (Lipinski definition) is 1. The van der Waals surface area contributed by atoms with E-state index in [1.807, 2.05) is 48.5 Å². The Morgan fingerprint density at radius 1 is 0.500 bits per heavy atom. The number of aromatic hydroxyl groups is 1. The van der Waals surface area contributed by atoms with Gasteiger partial charge < -0.3 is 19.3 Å². The van der Waals surface area contributed by atoms with Crippen molar-refractivity contribution < 1.29 is 19.3 Å².